The lowest BCUT2D eigenvalue weighted by molar-refractivity contribution is 0.593. The maximum atomic E-state index is 12.7. The van der Waals surface area contributed by atoms with E-state index in [4.69, 9.17) is 5.73 Å². The molecule has 0 heterocycles. The molecule has 0 amide bonds. The molecule has 0 spiro atoms. The van der Waals surface area contributed by atoms with E-state index in [-0.39, 0.29) is 11.9 Å². The summed E-state index contributed by atoms with van der Waals surface area (Å²) in [5.41, 5.74) is 6.00. The fourth-order valence-electron chi connectivity index (χ4n) is 0.791. The van der Waals surface area contributed by atoms with Crippen molar-refractivity contribution in [3.8, 4) is 0 Å². The van der Waals surface area contributed by atoms with Crippen LogP contribution in [0.4, 0.5) is 4.39 Å². The molecule has 0 aromatic heterocycles. The van der Waals surface area contributed by atoms with Crippen molar-refractivity contribution < 1.29 is 4.39 Å². The lowest BCUT2D eigenvalue weighted by atomic mass is 10.1. The van der Waals surface area contributed by atoms with Gasteiger partial charge in [-0.1, -0.05) is 12.1 Å². The highest BCUT2D eigenvalue weighted by Crippen LogP contribution is 2.12. The van der Waals surface area contributed by atoms with Crippen LogP contribution in [0.1, 0.15) is 18.5 Å². The van der Waals surface area contributed by atoms with Crippen LogP contribution in [0.2, 0.25) is 0 Å². The Morgan fingerprint density at radius 1 is 1.70 bits per heavy atom. The Morgan fingerprint density at radius 3 is 2.80 bits per heavy atom. The van der Waals surface area contributed by atoms with Gasteiger partial charge in [-0.15, -0.1) is 0 Å². The van der Waals surface area contributed by atoms with Crippen LogP contribution in [0.3, 0.4) is 0 Å². The average molecular weight is 138 g/mol. The molecule has 2 heteroatoms. The molecular weight excluding hydrogens is 129 g/mol. The van der Waals surface area contributed by atoms with Crippen LogP contribution in [-0.4, -0.2) is 0 Å². The molecule has 0 aliphatic carbocycles. The molecule has 53 valence electrons. The monoisotopic (exact) mass is 138 g/mol. The lowest BCUT2D eigenvalue weighted by Gasteiger charge is -2.04. The quantitative estimate of drug-likeness (QED) is 0.627. The minimum atomic E-state index is -0.280. The van der Waals surface area contributed by atoms with Crippen LogP contribution >= 0.6 is 0 Å². The van der Waals surface area contributed by atoms with Crippen molar-refractivity contribution in [1.29, 1.82) is 0 Å². The van der Waals surface area contributed by atoms with Crippen LogP contribution < -0.4 is 5.73 Å². The van der Waals surface area contributed by atoms with Crippen molar-refractivity contribution in [1.82, 2.24) is 0 Å². The van der Waals surface area contributed by atoms with Gasteiger partial charge in [0.1, 0.15) is 5.82 Å². The van der Waals surface area contributed by atoms with Crippen LogP contribution in [0, 0.1) is 11.9 Å². The Morgan fingerprint density at radius 2 is 2.40 bits per heavy atom. The normalized spacial score (nSPS) is 13.1. The summed E-state index contributed by atoms with van der Waals surface area (Å²) < 4.78 is 12.7. The smallest absolute Gasteiger partial charge is 0.128 e. The van der Waals surface area contributed by atoms with E-state index in [2.05, 4.69) is 6.07 Å². The first-order valence-electron chi connectivity index (χ1n) is 3.13. The van der Waals surface area contributed by atoms with Gasteiger partial charge in [0.25, 0.3) is 0 Å². The lowest BCUT2D eigenvalue weighted by Crippen LogP contribution is -2.06. The van der Waals surface area contributed by atoms with E-state index < -0.39 is 0 Å². The second-order valence-corrected chi connectivity index (χ2v) is 2.24. The Balaban J connectivity index is 3.03. The van der Waals surface area contributed by atoms with Gasteiger partial charge in [-0.2, -0.15) is 0 Å². The van der Waals surface area contributed by atoms with E-state index in [1.807, 2.05) is 0 Å². The standard InChI is InChI=1S/C8H9FN/c1-6(10)7-4-2-3-5-8(7)9/h2,4-6H,10H2,1H3. The predicted octanol–water partition coefficient (Wildman–Crippen LogP) is 1.65. The SMILES string of the molecule is CC(N)c1cc[c]cc1F. The third-order valence-corrected chi connectivity index (χ3v) is 1.34. The highest BCUT2D eigenvalue weighted by molar-refractivity contribution is 5.19. The van der Waals surface area contributed by atoms with Crippen LogP contribution in [-0.2, 0) is 0 Å². The third kappa shape index (κ3) is 1.33. The number of rotatable bonds is 1. The van der Waals surface area contributed by atoms with Gasteiger partial charge in [0.15, 0.2) is 0 Å². The third-order valence-electron chi connectivity index (χ3n) is 1.34. The zero-order chi connectivity index (χ0) is 7.56. The number of benzene rings is 1. The molecule has 0 aliphatic heterocycles. The number of hydrogen-bond donors (Lipinski definition) is 1. The Kier molecular flexibility index (Phi) is 2.02. The van der Waals surface area contributed by atoms with Crippen molar-refractivity contribution in [2.45, 2.75) is 13.0 Å². The summed E-state index contributed by atoms with van der Waals surface area (Å²) in [6.07, 6.45) is 0. The van der Waals surface area contributed by atoms with E-state index in [0.717, 1.165) is 0 Å². The van der Waals surface area contributed by atoms with E-state index in [1.54, 1.807) is 19.1 Å². The fraction of sp³-hybridized carbons (Fsp3) is 0.250. The van der Waals surface area contributed by atoms with Crippen LogP contribution in [0.15, 0.2) is 18.2 Å². The van der Waals surface area contributed by atoms with Gasteiger partial charge in [-0.25, -0.2) is 4.39 Å². The summed E-state index contributed by atoms with van der Waals surface area (Å²) in [5.74, 6) is -0.280. The summed E-state index contributed by atoms with van der Waals surface area (Å²) in [5, 5.41) is 0. The topological polar surface area (TPSA) is 26.0 Å². The van der Waals surface area contributed by atoms with Gasteiger partial charge in [-0.05, 0) is 19.1 Å². The summed E-state index contributed by atoms with van der Waals surface area (Å²) in [4.78, 5) is 0. The van der Waals surface area contributed by atoms with Gasteiger partial charge in [0.05, 0.1) is 0 Å². The van der Waals surface area contributed by atoms with Gasteiger partial charge in [-0.3, -0.25) is 0 Å². The molecule has 1 atom stereocenters. The summed E-state index contributed by atoms with van der Waals surface area (Å²) in [7, 11) is 0. The zero-order valence-corrected chi connectivity index (χ0v) is 5.76. The number of hydrogen-bond acceptors (Lipinski definition) is 1. The Labute approximate surface area is 59.7 Å². The fourth-order valence-corrected chi connectivity index (χ4v) is 0.791. The minimum Gasteiger partial charge on any atom is -0.324 e. The van der Waals surface area contributed by atoms with Crippen molar-refractivity contribution >= 4 is 0 Å². The van der Waals surface area contributed by atoms with E-state index in [1.165, 1.54) is 6.07 Å². The van der Waals surface area contributed by atoms with E-state index >= 15 is 0 Å². The van der Waals surface area contributed by atoms with Crippen molar-refractivity contribution in [2.24, 2.45) is 5.73 Å². The van der Waals surface area contributed by atoms with Gasteiger partial charge in [0.2, 0.25) is 0 Å². The molecule has 10 heavy (non-hydrogen) atoms. The molecule has 1 aromatic rings. The second-order valence-electron chi connectivity index (χ2n) is 2.24. The summed E-state index contributed by atoms with van der Waals surface area (Å²) in [6, 6.07) is 6.97. The minimum absolute atomic E-state index is 0.241. The van der Waals surface area contributed by atoms with Crippen LogP contribution in [0.25, 0.3) is 0 Å². The molecule has 0 bridgehead atoms. The maximum Gasteiger partial charge on any atom is 0.128 e. The first kappa shape index (κ1) is 7.22. The molecule has 1 radical (unpaired) electrons. The van der Waals surface area contributed by atoms with Crippen LogP contribution in [0.5, 0.6) is 0 Å². The van der Waals surface area contributed by atoms with E-state index in [0.29, 0.717) is 5.56 Å². The van der Waals surface area contributed by atoms with Crippen molar-refractivity contribution in [3.63, 3.8) is 0 Å². The maximum absolute atomic E-state index is 12.7. The molecule has 0 aliphatic rings. The first-order valence-corrected chi connectivity index (χ1v) is 3.13. The molecule has 0 saturated carbocycles. The molecule has 1 nitrogen and oxygen atoms in total. The molecule has 0 saturated heterocycles. The first-order chi connectivity index (χ1) is 4.72. The summed E-state index contributed by atoms with van der Waals surface area (Å²) in [6.45, 7) is 1.75. The second kappa shape index (κ2) is 2.80. The zero-order valence-electron chi connectivity index (χ0n) is 5.76. The Bertz CT molecular complexity index is 220. The predicted molar refractivity (Wildman–Crippen MR) is 37.8 cm³/mol. The Hall–Kier alpha value is -0.890. The highest BCUT2D eigenvalue weighted by atomic mass is 19.1. The number of nitrogens with two attached hydrogens (primary N) is 1. The van der Waals surface area contributed by atoms with Gasteiger partial charge < -0.3 is 5.73 Å². The largest absolute Gasteiger partial charge is 0.324 e. The van der Waals surface area contributed by atoms with Gasteiger partial charge >= 0.3 is 0 Å². The molecule has 1 rings (SSSR count). The van der Waals surface area contributed by atoms with Crippen molar-refractivity contribution in [3.05, 3.63) is 35.6 Å². The van der Waals surface area contributed by atoms with E-state index in [9.17, 15) is 4.39 Å². The molecule has 1 unspecified atom stereocenters. The van der Waals surface area contributed by atoms with Crippen molar-refractivity contribution in [2.75, 3.05) is 0 Å². The molecule has 1 aromatic carbocycles. The molecule has 2 N–H and O–H groups in total. The molecule has 0 fully saturated rings. The average Bonchev–Trinajstić information content (AvgIpc) is 1.88. The summed E-state index contributed by atoms with van der Waals surface area (Å²) >= 11 is 0. The molecular formula is C8H9FN. The van der Waals surface area contributed by atoms with Gasteiger partial charge in [0, 0.05) is 11.6 Å². The highest BCUT2D eigenvalue weighted by Gasteiger charge is 2.03. The number of halogens is 1.